The predicted octanol–water partition coefficient (Wildman–Crippen LogP) is 1.10. The first-order valence-electron chi connectivity index (χ1n) is 6.53. The highest BCUT2D eigenvalue weighted by Crippen LogP contribution is 2.26. The molecule has 1 saturated heterocycles. The monoisotopic (exact) mass is 263 g/mol. The standard InChI is InChI=1S/C14H21N3O2/c1-17-8-4-5-10(9-17)16-14(18)11-6-3-7-12(15)13(11)19-2/h3,6-7,10H,4-5,8-9,15H2,1-2H3,(H,16,18). The van der Waals surface area contributed by atoms with Crippen LogP contribution in [0.1, 0.15) is 23.2 Å². The number of carbonyl (C=O) groups is 1. The largest absolute Gasteiger partial charge is 0.494 e. The van der Waals surface area contributed by atoms with Gasteiger partial charge in [-0.15, -0.1) is 0 Å². The number of anilines is 1. The van der Waals surface area contributed by atoms with E-state index in [0.29, 0.717) is 17.0 Å². The molecule has 1 amide bonds. The van der Waals surface area contributed by atoms with Crippen molar-refractivity contribution in [1.82, 2.24) is 10.2 Å². The maximum atomic E-state index is 12.3. The van der Waals surface area contributed by atoms with Crippen molar-refractivity contribution in [3.8, 4) is 5.75 Å². The third-order valence-corrected chi connectivity index (χ3v) is 3.45. The molecule has 0 saturated carbocycles. The Morgan fingerprint density at radius 3 is 3.00 bits per heavy atom. The summed E-state index contributed by atoms with van der Waals surface area (Å²) in [5, 5.41) is 3.05. The molecule has 1 aromatic carbocycles. The van der Waals surface area contributed by atoms with Gasteiger partial charge in [0.05, 0.1) is 18.4 Å². The molecule has 0 spiro atoms. The Balaban J connectivity index is 2.09. The third kappa shape index (κ3) is 3.17. The Labute approximate surface area is 113 Å². The number of rotatable bonds is 3. The summed E-state index contributed by atoms with van der Waals surface area (Å²) in [6, 6.07) is 5.42. The van der Waals surface area contributed by atoms with E-state index >= 15 is 0 Å². The lowest BCUT2D eigenvalue weighted by molar-refractivity contribution is 0.0909. The lowest BCUT2D eigenvalue weighted by atomic mass is 10.1. The van der Waals surface area contributed by atoms with E-state index in [-0.39, 0.29) is 11.9 Å². The van der Waals surface area contributed by atoms with Crippen molar-refractivity contribution in [2.24, 2.45) is 0 Å². The fraction of sp³-hybridized carbons (Fsp3) is 0.500. The Kier molecular flexibility index (Phi) is 4.27. The van der Waals surface area contributed by atoms with Crippen LogP contribution in [0.3, 0.4) is 0 Å². The summed E-state index contributed by atoms with van der Waals surface area (Å²) in [4.78, 5) is 14.5. The Hall–Kier alpha value is -1.75. The smallest absolute Gasteiger partial charge is 0.255 e. The number of hydrogen-bond donors (Lipinski definition) is 2. The maximum Gasteiger partial charge on any atom is 0.255 e. The lowest BCUT2D eigenvalue weighted by Gasteiger charge is -2.30. The van der Waals surface area contributed by atoms with Gasteiger partial charge in [-0.05, 0) is 38.6 Å². The second-order valence-corrected chi connectivity index (χ2v) is 5.00. The minimum Gasteiger partial charge on any atom is -0.494 e. The summed E-state index contributed by atoms with van der Waals surface area (Å²) in [6.07, 6.45) is 2.12. The van der Waals surface area contributed by atoms with Crippen molar-refractivity contribution in [1.29, 1.82) is 0 Å². The molecule has 104 valence electrons. The van der Waals surface area contributed by atoms with Crippen LogP contribution in [-0.4, -0.2) is 44.1 Å². The predicted molar refractivity (Wildman–Crippen MR) is 75.4 cm³/mol. The van der Waals surface area contributed by atoms with E-state index in [1.165, 1.54) is 7.11 Å². The summed E-state index contributed by atoms with van der Waals surface area (Å²) in [6.45, 7) is 1.98. The number of likely N-dealkylation sites (tertiary alicyclic amines) is 1. The van der Waals surface area contributed by atoms with Gasteiger partial charge in [0.15, 0.2) is 5.75 Å². The minimum absolute atomic E-state index is 0.121. The molecule has 0 bridgehead atoms. The van der Waals surface area contributed by atoms with E-state index in [4.69, 9.17) is 10.5 Å². The van der Waals surface area contributed by atoms with E-state index in [9.17, 15) is 4.79 Å². The van der Waals surface area contributed by atoms with Crippen LogP contribution in [0, 0.1) is 0 Å². The van der Waals surface area contributed by atoms with Gasteiger partial charge in [-0.2, -0.15) is 0 Å². The number of piperidine rings is 1. The average Bonchev–Trinajstić information content (AvgIpc) is 2.38. The summed E-state index contributed by atoms with van der Waals surface area (Å²) >= 11 is 0. The van der Waals surface area contributed by atoms with Crippen molar-refractivity contribution in [2.45, 2.75) is 18.9 Å². The Morgan fingerprint density at radius 1 is 1.53 bits per heavy atom. The zero-order valence-electron chi connectivity index (χ0n) is 11.5. The van der Waals surface area contributed by atoms with Crippen LogP contribution >= 0.6 is 0 Å². The molecule has 0 radical (unpaired) electrons. The highest BCUT2D eigenvalue weighted by Gasteiger charge is 2.21. The van der Waals surface area contributed by atoms with Gasteiger partial charge in [0, 0.05) is 12.6 Å². The van der Waals surface area contributed by atoms with Gasteiger partial charge in [-0.25, -0.2) is 0 Å². The molecule has 5 nitrogen and oxygen atoms in total. The highest BCUT2D eigenvalue weighted by molar-refractivity contribution is 5.98. The zero-order chi connectivity index (χ0) is 13.8. The molecule has 0 aliphatic carbocycles. The topological polar surface area (TPSA) is 67.6 Å². The molecular weight excluding hydrogens is 242 g/mol. The van der Waals surface area contributed by atoms with Crippen molar-refractivity contribution < 1.29 is 9.53 Å². The second kappa shape index (κ2) is 5.93. The van der Waals surface area contributed by atoms with E-state index in [0.717, 1.165) is 25.9 Å². The molecule has 19 heavy (non-hydrogen) atoms. The van der Waals surface area contributed by atoms with Crippen LogP contribution in [0.5, 0.6) is 5.75 Å². The van der Waals surface area contributed by atoms with Gasteiger partial charge in [-0.3, -0.25) is 4.79 Å². The number of amides is 1. The first kappa shape index (κ1) is 13.7. The fourth-order valence-corrected chi connectivity index (χ4v) is 2.51. The molecule has 5 heteroatoms. The number of likely N-dealkylation sites (N-methyl/N-ethyl adjacent to an activating group) is 1. The van der Waals surface area contributed by atoms with Crippen LogP contribution in [0.25, 0.3) is 0 Å². The summed E-state index contributed by atoms with van der Waals surface area (Å²) in [5.41, 5.74) is 6.79. The van der Waals surface area contributed by atoms with Crippen molar-refractivity contribution >= 4 is 11.6 Å². The molecule has 0 aromatic heterocycles. The van der Waals surface area contributed by atoms with Gasteiger partial charge in [0.25, 0.3) is 5.91 Å². The number of nitrogen functional groups attached to an aromatic ring is 1. The SMILES string of the molecule is COc1c(N)cccc1C(=O)NC1CCCN(C)C1. The van der Waals surface area contributed by atoms with E-state index < -0.39 is 0 Å². The third-order valence-electron chi connectivity index (χ3n) is 3.45. The lowest BCUT2D eigenvalue weighted by Crippen LogP contribution is -2.46. The summed E-state index contributed by atoms with van der Waals surface area (Å²) < 4.78 is 5.21. The number of nitrogens with two attached hydrogens (primary N) is 1. The molecule has 3 N–H and O–H groups in total. The average molecular weight is 263 g/mol. The van der Waals surface area contributed by atoms with Crippen LogP contribution in [0.2, 0.25) is 0 Å². The minimum atomic E-state index is -0.121. The number of methoxy groups -OCH3 is 1. The van der Waals surface area contributed by atoms with Gasteiger partial charge in [0.1, 0.15) is 0 Å². The number of benzene rings is 1. The number of nitrogens with one attached hydrogen (secondary N) is 1. The first-order chi connectivity index (χ1) is 9.11. The van der Waals surface area contributed by atoms with E-state index in [2.05, 4.69) is 17.3 Å². The normalized spacial score (nSPS) is 20.0. The highest BCUT2D eigenvalue weighted by atomic mass is 16.5. The second-order valence-electron chi connectivity index (χ2n) is 5.00. The van der Waals surface area contributed by atoms with Gasteiger partial charge in [-0.1, -0.05) is 6.07 Å². The van der Waals surface area contributed by atoms with E-state index in [1.807, 2.05) is 0 Å². The Bertz CT molecular complexity index is 462. The summed E-state index contributed by atoms with van der Waals surface area (Å²) in [7, 11) is 3.59. The number of para-hydroxylation sites is 1. The quantitative estimate of drug-likeness (QED) is 0.801. The number of carbonyl (C=O) groups excluding carboxylic acids is 1. The fourth-order valence-electron chi connectivity index (χ4n) is 2.51. The van der Waals surface area contributed by atoms with Crippen molar-refractivity contribution in [2.75, 3.05) is 33.0 Å². The molecule has 1 unspecified atom stereocenters. The van der Waals surface area contributed by atoms with Crippen molar-refractivity contribution in [3.63, 3.8) is 0 Å². The molecule has 2 rings (SSSR count). The molecule has 1 fully saturated rings. The molecule has 1 atom stereocenters. The molecule has 1 aromatic rings. The van der Waals surface area contributed by atoms with Gasteiger partial charge >= 0.3 is 0 Å². The molecule has 1 aliphatic heterocycles. The zero-order valence-corrected chi connectivity index (χ0v) is 11.5. The van der Waals surface area contributed by atoms with Crippen LogP contribution < -0.4 is 15.8 Å². The number of ether oxygens (including phenoxy) is 1. The van der Waals surface area contributed by atoms with Gasteiger partial charge in [0.2, 0.25) is 0 Å². The van der Waals surface area contributed by atoms with Crippen molar-refractivity contribution in [3.05, 3.63) is 23.8 Å². The maximum absolute atomic E-state index is 12.3. The van der Waals surface area contributed by atoms with Crippen LogP contribution in [0.4, 0.5) is 5.69 Å². The first-order valence-corrected chi connectivity index (χ1v) is 6.53. The van der Waals surface area contributed by atoms with Crippen LogP contribution in [-0.2, 0) is 0 Å². The Morgan fingerprint density at radius 2 is 2.32 bits per heavy atom. The molecular formula is C14H21N3O2. The van der Waals surface area contributed by atoms with Gasteiger partial charge < -0.3 is 20.7 Å². The number of hydrogen-bond acceptors (Lipinski definition) is 4. The van der Waals surface area contributed by atoms with E-state index in [1.54, 1.807) is 18.2 Å². The molecule has 1 heterocycles. The number of nitrogens with zero attached hydrogens (tertiary/aromatic N) is 1. The summed E-state index contributed by atoms with van der Waals surface area (Å²) in [5.74, 6) is 0.327. The van der Waals surface area contributed by atoms with Crippen LogP contribution in [0.15, 0.2) is 18.2 Å². The molecule has 1 aliphatic rings.